The highest BCUT2D eigenvalue weighted by Crippen LogP contribution is 2.20. The molecule has 0 amide bonds. The Balaban J connectivity index is 2.50. The van der Waals surface area contributed by atoms with Crippen LogP contribution in [0.5, 0.6) is 0 Å². The van der Waals surface area contributed by atoms with Crippen molar-refractivity contribution in [2.75, 3.05) is 12.0 Å². The van der Waals surface area contributed by atoms with Crippen molar-refractivity contribution < 1.29 is 13.5 Å². The first-order chi connectivity index (χ1) is 6.47. The fourth-order valence-corrected chi connectivity index (χ4v) is 2.30. The van der Waals surface area contributed by atoms with E-state index in [0.717, 1.165) is 31.3 Å². The van der Waals surface area contributed by atoms with Gasteiger partial charge in [-0.2, -0.15) is 0 Å². The van der Waals surface area contributed by atoms with Crippen LogP contribution in [-0.4, -0.2) is 31.6 Å². The van der Waals surface area contributed by atoms with Gasteiger partial charge in [-0.1, -0.05) is 18.1 Å². The Morgan fingerprint density at radius 1 is 1.50 bits per heavy atom. The number of sulfone groups is 1. The van der Waals surface area contributed by atoms with Crippen LogP contribution < -0.4 is 0 Å². The van der Waals surface area contributed by atoms with E-state index in [1.807, 2.05) is 6.08 Å². The molecule has 0 aromatic carbocycles. The second kappa shape index (κ2) is 4.94. The van der Waals surface area contributed by atoms with E-state index in [4.69, 9.17) is 0 Å². The number of aliphatic hydroxyl groups is 1. The Hall–Kier alpha value is -0.350. The zero-order valence-corrected chi connectivity index (χ0v) is 9.39. The third-order valence-electron chi connectivity index (χ3n) is 2.47. The van der Waals surface area contributed by atoms with Crippen molar-refractivity contribution in [3.05, 3.63) is 11.6 Å². The van der Waals surface area contributed by atoms with Crippen LogP contribution in [0.3, 0.4) is 0 Å². The normalized spacial score (nSPS) is 24.1. The maximum Gasteiger partial charge on any atom is 0.147 e. The van der Waals surface area contributed by atoms with E-state index >= 15 is 0 Å². The highest BCUT2D eigenvalue weighted by molar-refractivity contribution is 7.90. The molecule has 0 radical (unpaired) electrons. The third-order valence-corrected chi connectivity index (χ3v) is 3.42. The van der Waals surface area contributed by atoms with E-state index in [9.17, 15) is 13.5 Å². The van der Waals surface area contributed by atoms with Gasteiger partial charge in [-0.05, 0) is 25.7 Å². The first-order valence-electron chi connectivity index (χ1n) is 5.03. The van der Waals surface area contributed by atoms with Crippen LogP contribution >= 0.6 is 0 Å². The lowest BCUT2D eigenvalue weighted by Gasteiger charge is -2.04. The van der Waals surface area contributed by atoms with E-state index < -0.39 is 9.84 Å². The maximum atomic E-state index is 11.0. The fourth-order valence-electron chi connectivity index (χ4n) is 1.67. The lowest BCUT2D eigenvalue weighted by molar-refractivity contribution is 0.211. The molecule has 1 aliphatic carbocycles. The van der Waals surface area contributed by atoms with Crippen molar-refractivity contribution in [3.63, 3.8) is 0 Å². The largest absolute Gasteiger partial charge is 0.389 e. The molecule has 4 heteroatoms. The van der Waals surface area contributed by atoms with E-state index in [2.05, 4.69) is 0 Å². The van der Waals surface area contributed by atoms with Crippen LogP contribution in [0.15, 0.2) is 11.6 Å². The molecule has 1 atom stereocenters. The van der Waals surface area contributed by atoms with E-state index in [0.29, 0.717) is 6.42 Å². The Bertz CT molecular complexity index is 303. The number of hydrogen-bond acceptors (Lipinski definition) is 3. The van der Waals surface area contributed by atoms with E-state index in [-0.39, 0.29) is 11.9 Å². The number of rotatable bonds is 3. The lowest BCUT2D eigenvalue weighted by Crippen LogP contribution is -2.05. The van der Waals surface area contributed by atoms with E-state index in [1.165, 1.54) is 6.26 Å². The van der Waals surface area contributed by atoms with Gasteiger partial charge in [0.2, 0.25) is 0 Å². The van der Waals surface area contributed by atoms with Crippen LogP contribution in [0, 0.1) is 0 Å². The second-order valence-electron chi connectivity index (χ2n) is 4.02. The molecule has 82 valence electrons. The second-order valence-corrected chi connectivity index (χ2v) is 6.28. The van der Waals surface area contributed by atoms with Gasteiger partial charge in [0.25, 0.3) is 0 Å². The summed E-state index contributed by atoms with van der Waals surface area (Å²) in [6, 6.07) is 0. The van der Waals surface area contributed by atoms with Crippen molar-refractivity contribution in [1.82, 2.24) is 0 Å². The third kappa shape index (κ3) is 4.77. The standard InChI is InChI=1S/C10H18O3S/c1-14(12,13)7-6-9-4-2-3-5-10(11)8-9/h8,10-11H,2-7H2,1H3. The summed E-state index contributed by atoms with van der Waals surface area (Å²) < 4.78 is 21.9. The first-order valence-corrected chi connectivity index (χ1v) is 7.09. The zero-order valence-electron chi connectivity index (χ0n) is 8.57. The van der Waals surface area contributed by atoms with Crippen molar-refractivity contribution in [3.8, 4) is 0 Å². The molecule has 1 rings (SSSR count). The van der Waals surface area contributed by atoms with Crippen LogP contribution in [0.4, 0.5) is 0 Å². The van der Waals surface area contributed by atoms with Gasteiger partial charge in [0, 0.05) is 6.26 Å². The molecule has 0 aromatic rings. The SMILES string of the molecule is CS(=O)(=O)CCC1=CC(O)CCCC1. The average Bonchev–Trinajstić information content (AvgIpc) is 2.25. The summed E-state index contributed by atoms with van der Waals surface area (Å²) in [6.45, 7) is 0. The van der Waals surface area contributed by atoms with Crippen molar-refractivity contribution in [2.24, 2.45) is 0 Å². The summed E-state index contributed by atoms with van der Waals surface area (Å²) in [5.41, 5.74) is 1.10. The van der Waals surface area contributed by atoms with Crippen LogP contribution in [0.2, 0.25) is 0 Å². The van der Waals surface area contributed by atoms with Gasteiger partial charge in [-0.15, -0.1) is 0 Å². The summed E-state index contributed by atoms with van der Waals surface area (Å²) in [4.78, 5) is 0. The van der Waals surface area contributed by atoms with Crippen LogP contribution in [-0.2, 0) is 9.84 Å². The average molecular weight is 218 g/mol. The van der Waals surface area contributed by atoms with Gasteiger partial charge in [-0.3, -0.25) is 0 Å². The maximum absolute atomic E-state index is 11.0. The highest BCUT2D eigenvalue weighted by atomic mass is 32.2. The molecule has 0 aromatic heterocycles. The minimum absolute atomic E-state index is 0.200. The topological polar surface area (TPSA) is 54.4 Å². The van der Waals surface area contributed by atoms with Gasteiger partial charge >= 0.3 is 0 Å². The number of allylic oxidation sites excluding steroid dienone is 1. The molecular weight excluding hydrogens is 200 g/mol. The molecule has 14 heavy (non-hydrogen) atoms. The summed E-state index contributed by atoms with van der Waals surface area (Å²) >= 11 is 0. The lowest BCUT2D eigenvalue weighted by atomic mass is 10.1. The summed E-state index contributed by atoms with van der Waals surface area (Å²) in [5, 5.41) is 9.46. The minimum atomic E-state index is -2.88. The molecule has 0 saturated carbocycles. The molecular formula is C10H18O3S. The van der Waals surface area contributed by atoms with Crippen LogP contribution in [0.25, 0.3) is 0 Å². The Labute approximate surface area is 85.7 Å². The predicted molar refractivity (Wildman–Crippen MR) is 56.9 cm³/mol. The molecule has 0 aliphatic heterocycles. The molecule has 0 spiro atoms. The van der Waals surface area contributed by atoms with Gasteiger partial charge in [0.05, 0.1) is 11.9 Å². The molecule has 0 fully saturated rings. The predicted octanol–water partition coefficient (Wildman–Crippen LogP) is 1.28. The van der Waals surface area contributed by atoms with Crippen LogP contribution in [0.1, 0.15) is 32.1 Å². The number of aliphatic hydroxyl groups excluding tert-OH is 1. The van der Waals surface area contributed by atoms with Crippen molar-refractivity contribution in [1.29, 1.82) is 0 Å². The van der Waals surface area contributed by atoms with Gasteiger partial charge in [-0.25, -0.2) is 8.42 Å². The Morgan fingerprint density at radius 2 is 2.21 bits per heavy atom. The van der Waals surface area contributed by atoms with Crippen molar-refractivity contribution >= 4 is 9.84 Å². The fraction of sp³-hybridized carbons (Fsp3) is 0.800. The monoisotopic (exact) mass is 218 g/mol. The van der Waals surface area contributed by atoms with Crippen molar-refractivity contribution in [2.45, 2.75) is 38.2 Å². The molecule has 0 bridgehead atoms. The number of hydrogen-bond donors (Lipinski definition) is 1. The molecule has 1 unspecified atom stereocenters. The summed E-state index contributed by atoms with van der Waals surface area (Å²) in [7, 11) is -2.88. The molecule has 1 aliphatic rings. The quantitative estimate of drug-likeness (QED) is 0.726. The molecule has 0 saturated heterocycles. The minimum Gasteiger partial charge on any atom is -0.389 e. The summed E-state index contributed by atoms with van der Waals surface area (Å²) in [5.74, 6) is 0.200. The zero-order chi connectivity index (χ0) is 10.6. The van der Waals surface area contributed by atoms with Gasteiger partial charge in [0.15, 0.2) is 0 Å². The first kappa shape index (κ1) is 11.7. The smallest absolute Gasteiger partial charge is 0.147 e. The summed E-state index contributed by atoms with van der Waals surface area (Å²) in [6.07, 6.45) is 7.13. The van der Waals surface area contributed by atoms with Gasteiger partial charge in [0.1, 0.15) is 9.84 Å². The molecule has 3 nitrogen and oxygen atoms in total. The van der Waals surface area contributed by atoms with E-state index in [1.54, 1.807) is 0 Å². The highest BCUT2D eigenvalue weighted by Gasteiger charge is 2.11. The van der Waals surface area contributed by atoms with Gasteiger partial charge < -0.3 is 5.11 Å². The Kier molecular flexibility index (Phi) is 4.13. The molecule has 0 heterocycles. The Morgan fingerprint density at radius 3 is 2.86 bits per heavy atom. The molecule has 1 N–H and O–H groups in total.